The van der Waals surface area contributed by atoms with E-state index in [0.717, 1.165) is 23.1 Å². The van der Waals surface area contributed by atoms with Gasteiger partial charge in [-0.05, 0) is 24.3 Å². The Balaban J connectivity index is 2.04. The van der Waals surface area contributed by atoms with Crippen molar-refractivity contribution < 1.29 is 32.6 Å². The predicted octanol–water partition coefficient (Wildman–Crippen LogP) is 1.85. The molecule has 24 heavy (non-hydrogen) atoms. The van der Waals surface area contributed by atoms with E-state index in [1.54, 1.807) is 0 Å². The average Bonchev–Trinajstić information content (AvgIpc) is 2.77. The first-order chi connectivity index (χ1) is 11.2. The number of nitrogens with zero attached hydrogens (tertiary/aromatic N) is 1. The molecule has 130 valence electrons. The van der Waals surface area contributed by atoms with Crippen molar-refractivity contribution in [3.8, 4) is 5.75 Å². The largest absolute Gasteiger partial charge is 0.444 e. The Morgan fingerprint density at radius 3 is 2.46 bits per heavy atom. The quantitative estimate of drug-likeness (QED) is 0.570. The highest BCUT2D eigenvalue weighted by atomic mass is 35.5. The van der Waals surface area contributed by atoms with Gasteiger partial charge in [0.1, 0.15) is 11.4 Å². The van der Waals surface area contributed by atoms with E-state index in [-0.39, 0.29) is 24.6 Å². The fourth-order valence-electron chi connectivity index (χ4n) is 1.87. The Labute approximate surface area is 139 Å². The third-order valence-corrected chi connectivity index (χ3v) is 3.23. The van der Waals surface area contributed by atoms with Gasteiger partial charge in [0.2, 0.25) is 0 Å². The average molecular weight is 365 g/mol. The molecule has 0 bridgehead atoms. The van der Waals surface area contributed by atoms with Crippen LogP contribution in [0.1, 0.15) is 0 Å². The second-order valence-electron chi connectivity index (χ2n) is 4.69. The molecule has 0 saturated heterocycles. The summed E-state index contributed by atoms with van der Waals surface area (Å²) in [4.78, 5) is 24.3. The summed E-state index contributed by atoms with van der Waals surface area (Å²) >= 11 is 4.68. The molecule has 1 atom stereocenters. The molecule has 1 aromatic carbocycles. The minimum atomic E-state index is -4.18. The van der Waals surface area contributed by atoms with Crippen molar-refractivity contribution in [3.63, 3.8) is 0 Å². The molecule has 2 rings (SSSR count). The van der Waals surface area contributed by atoms with Crippen LogP contribution in [0.4, 0.5) is 18.9 Å². The molecule has 6 nitrogen and oxygen atoms in total. The Bertz CT molecular complexity index is 664. The van der Waals surface area contributed by atoms with E-state index in [1.165, 1.54) is 12.1 Å². The summed E-state index contributed by atoms with van der Waals surface area (Å²) in [6, 6.07) is 4.81. The molecular formula is C14H12ClF3N2O4. The lowest BCUT2D eigenvalue weighted by molar-refractivity contribution is -0.199. The van der Waals surface area contributed by atoms with Crippen LogP contribution in [0.3, 0.4) is 0 Å². The summed E-state index contributed by atoms with van der Waals surface area (Å²) < 4.78 is 42.6. The second kappa shape index (κ2) is 7.10. The van der Waals surface area contributed by atoms with Crippen LogP contribution in [-0.4, -0.2) is 46.7 Å². The molecule has 1 aromatic rings. The summed E-state index contributed by atoms with van der Waals surface area (Å²) in [5.41, 5.74) is -2.72. The van der Waals surface area contributed by atoms with Gasteiger partial charge in [0, 0.05) is 11.8 Å². The SMILES string of the molecule is O=C1C=C(Nc2ccc(OC(F)(F)C(F)Cl)cc2)C(=O)N1CCO. The monoisotopic (exact) mass is 364 g/mol. The van der Waals surface area contributed by atoms with Crippen LogP contribution in [0, 0.1) is 0 Å². The van der Waals surface area contributed by atoms with Crippen LogP contribution in [-0.2, 0) is 9.59 Å². The first-order valence-electron chi connectivity index (χ1n) is 6.65. The molecule has 0 aliphatic carbocycles. The predicted molar refractivity (Wildman–Crippen MR) is 78.3 cm³/mol. The van der Waals surface area contributed by atoms with Gasteiger partial charge in [-0.2, -0.15) is 8.78 Å². The van der Waals surface area contributed by atoms with Gasteiger partial charge in [-0.3, -0.25) is 14.5 Å². The van der Waals surface area contributed by atoms with Gasteiger partial charge < -0.3 is 15.2 Å². The summed E-state index contributed by atoms with van der Waals surface area (Å²) in [5, 5.41) is 11.4. The van der Waals surface area contributed by atoms with E-state index in [1.807, 2.05) is 0 Å². The number of anilines is 1. The Morgan fingerprint density at radius 2 is 1.92 bits per heavy atom. The van der Waals surface area contributed by atoms with Gasteiger partial charge in [-0.1, -0.05) is 11.6 Å². The lowest BCUT2D eigenvalue weighted by atomic mass is 10.3. The Kier molecular flexibility index (Phi) is 5.35. The summed E-state index contributed by atoms with van der Waals surface area (Å²) in [6.45, 7) is -0.501. The van der Waals surface area contributed by atoms with Gasteiger partial charge in [0.05, 0.1) is 13.2 Å². The fraction of sp³-hybridized carbons (Fsp3) is 0.286. The molecule has 0 fully saturated rings. The standard InChI is InChI=1S/C14H12ClF3N2O4/c15-13(16)14(17,18)24-9-3-1-8(2-4-9)19-10-7-11(22)20(5-6-21)12(10)23/h1-4,7,13,19,21H,5-6H2. The number of nitrogens with one attached hydrogen (secondary N) is 1. The molecule has 1 heterocycles. The third-order valence-electron chi connectivity index (χ3n) is 2.97. The number of alkyl halides is 4. The highest BCUT2D eigenvalue weighted by molar-refractivity contribution is 6.20. The van der Waals surface area contributed by atoms with Crippen molar-refractivity contribution >= 4 is 29.1 Å². The maximum Gasteiger partial charge on any atom is 0.444 e. The maximum atomic E-state index is 13.0. The van der Waals surface area contributed by atoms with Crippen molar-refractivity contribution in [2.24, 2.45) is 0 Å². The first-order valence-corrected chi connectivity index (χ1v) is 7.08. The van der Waals surface area contributed by atoms with E-state index in [0.29, 0.717) is 5.69 Å². The van der Waals surface area contributed by atoms with Crippen molar-refractivity contribution in [3.05, 3.63) is 36.0 Å². The van der Waals surface area contributed by atoms with Gasteiger partial charge in [-0.15, -0.1) is 0 Å². The number of rotatable bonds is 7. The number of aliphatic hydroxyl groups is 1. The van der Waals surface area contributed by atoms with Crippen LogP contribution < -0.4 is 10.1 Å². The number of benzene rings is 1. The van der Waals surface area contributed by atoms with Crippen LogP contribution in [0.25, 0.3) is 0 Å². The number of amides is 2. The minimum absolute atomic E-state index is 0.0305. The molecule has 0 saturated carbocycles. The van der Waals surface area contributed by atoms with Crippen LogP contribution in [0.5, 0.6) is 5.75 Å². The van der Waals surface area contributed by atoms with Crippen LogP contribution in [0.15, 0.2) is 36.0 Å². The van der Waals surface area contributed by atoms with E-state index in [2.05, 4.69) is 21.7 Å². The number of hydrogen-bond acceptors (Lipinski definition) is 5. The van der Waals surface area contributed by atoms with Crippen molar-refractivity contribution in [1.29, 1.82) is 0 Å². The lowest BCUT2D eigenvalue weighted by Crippen LogP contribution is -2.34. The fourth-order valence-corrected chi connectivity index (χ4v) is 1.92. The van der Waals surface area contributed by atoms with Crippen molar-refractivity contribution in [1.82, 2.24) is 4.90 Å². The minimum Gasteiger partial charge on any atom is -0.429 e. The summed E-state index contributed by atoms with van der Waals surface area (Å²) in [7, 11) is 0. The van der Waals surface area contributed by atoms with E-state index in [9.17, 15) is 22.8 Å². The summed E-state index contributed by atoms with van der Waals surface area (Å²) in [6.07, 6.45) is -3.13. The Morgan fingerprint density at radius 1 is 1.29 bits per heavy atom. The first kappa shape index (κ1) is 18.1. The third kappa shape index (κ3) is 3.98. The zero-order chi connectivity index (χ0) is 17.9. The number of carbonyl (C=O) groups is 2. The zero-order valence-corrected chi connectivity index (χ0v) is 12.8. The molecule has 1 aliphatic rings. The van der Waals surface area contributed by atoms with Crippen LogP contribution in [0.2, 0.25) is 0 Å². The molecule has 0 radical (unpaired) electrons. The molecule has 0 spiro atoms. The second-order valence-corrected chi connectivity index (χ2v) is 5.07. The number of ether oxygens (including phenoxy) is 1. The molecule has 1 unspecified atom stereocenters. The zero-order valence-electron chi connectivity index (χ0n) is 12.0. The smallest absolute Gasteiger partial charge is 0.429 e. The topological polar surface area (TPSA) is 78.9 Å². The summed E-state index contributed by atoms with van der Waals surface area (Å²) in [5.74, 6) is -1.53. The number of aliphatic hydroxyl groups excluding tert-OH is 1. The van der Waals surface area contributed by atoms with Gasteiger partial charge >= 0.3 is 6.11 Å². The number of imide groups is 1. The number of β-amino-alcohol motifs (C(OH)–C–C–N with tert-alkyl or cyclic N) is 1. The normalized spacial score (nSPS) is 16.2. The van der Waals surface area contributed by atoms with Crippen molar-refractivity contribution in [2.75, 3.05) is 18.5 Å². The Hall–Kier alpha value is -2.26. The highest BCUT2D eigenvalue weighted by Gasteiger charge is 2.42. The molecule has 2 amide bonds. The van der Waals surface area contributed by atoms with Gasteiger partial charge in [0.15, 0.2) is 0 Å². The molecule has 0 aromatic heterocycles. The van der Waals surface area contributed by atoms with Gasteiger partial charge in [-0.25, -0.2) is 4.39 Å². The van der Waals surface area contributed by atoms with Crippen molar-refractivity contribution in [2.45, 2.75) is 11.7 Å². The van der Waals surface area contributed by atoms with E-state index < -0.39 is 23.6 Å². The highest BCUT2D eigenvalue weighted by Crippen LogP contribution is 2.29. The maximum absolute atomic E-state index is 13.0. The number of hydrogen-bond donors (Lipinski definition) is 2. The van der Waals surface area contributed by atoms with E-state index >= 15 is 0 Å². The number of carbonyl (C=O) groups excluding carboxylic acids is 2. The van der Waals surface area contributed by atoms with Gasteiger partial charge in [0.25, 0.3) is 17.4 Å². The molecular weight excluding hydrogens is 353 g/mol. The molecule has 1 aliphatic heterocycles. The molecule has 2 N–H and O–H groups in total. The number of halogens is 4. The molecule has 10 heteroatoms. The lowest BCUT2D eigenvalue weighted by Gasteiger charge is -2.18. The van der Waals surface area contributed by atoms with E-state index in [4.69, 9.17) is 5.11 Å². The van der Waals surface area contributed by atoms with Crippen LogP contribution >= 0.6 is 11.6 Å².